The van der Waals surface area contributed by atoms with Crippen LogP contribution in [0.25, 0.3) is 0 Å². The third-order valence-electron chi connectivity index (χ3n) is 19.5. The molecule has 1 nitrogen and oxygen atoms in total. The Morgan fingerprint density at radius 1 is 0.567 bits per heavy atom. The first-order valence-electron chi connectivity index (χ1n) is 14.3. The van der Waals surface area contributed by atoms with E-state index < -0.39 is 6.51 Å². The van der Waals surface area contributed by atoms with Crippen LogP contribution in [-0.4, -0.2) is 31.7 Å². The van der Waals surface area contributed by atoms with Gasteiger partial charge in [0.15, 0.2) is 0 Å². The average molecular weight is 455 g/mol. The summed E-state index contributed by atoms with van der Waals surface area (Å²) in [7, 11) is 5.29. The van der Waals surface area contributed by atoms with E-state index in [4.69, 9.17) is 0 Å². The van der Waals surface area contributed by atoms with Gasteiger partial charge >= 0.3 is 137 Å². The molecule has 0 saturated carbocycles. The number of fused-ring (bicyclic) bond motifs is 10. The van der Waals surface area contributed by atoms with Crippen molar-refractivity contribution in [2.75, 3.05) is 27.2 Å². The molecule has 10 aliphatic rings. The molecular formula is C28H48FeN+. The fraction of sp³-hybridized carbons (Fsp3) is 1.00. The van der Waals surface area contributed by atoms with E-state index in [1.807, 2.05) is 0 Å². The van der Waals surface area contributed by atoms with Crippen molar-refractivity contribution in [3.63, 3.8) is 0 Å². The molecule has 0 aromatic carbocycles. The summed E-state index contributed by atoms with van der Waals surface area (Å²) in [4.78, 5) is 13.7. The van der Waals surface area contributed by atoms with Gasteiger partial charge in [0.1, 0.15) is 0 Å². The molecule has 1 spiro atoms. The van der Waals surface area contributed by atoms with E-state index >= 15 is 0 Å². The van der Waals surface area contributed by atoms with Crippen LogP contribution < -0.4 is 0 Å². The second kappa shape index (κ2) is 2.42. The summed E-state index contributed by atoms with van der Waals surface area (Å²) in [5, 5.41) is 0. The van der Waals surface area contributed by atoms with Crippen molar-refractivity contribution in [3.8, 4) is 0 Å². The third kappa shape index (κ3) is 0.388. The Morgan fingerprint density at radius 3 is 1.30 bits per heavy atom. The topological polar surface area (TPSA) is 0 Å². The minimum absolute atomic E-state index is 1.14. The summed E-state index contributed by atoms with van der Waals surface area (Å²) in [6, 6.07) is 0. The maximum atomic E-state index is 2.65. The Bertz CT molecular complexity index is 1090. The molecule has 10 saturated heterocycles. The van der Waals surface area contributed by atoms with Crippen molar-refractivity contribution >= 4 is 0 Å². The van der Waals surface area contributed by atoms with Crippen LogP contribution in [0.15, 0.2) is 0 Å². The van der Waals surface area contributed by atoms with Gasteiger partial charge in [0.25, 0.3) is 0 Å². The molecule has 0 aliphatic carbocycles. The van der Waals surface area contributed by atoms with Gasteiger partial charge in [-0.1, -0.05) is 39.0 Å². The molecule has 10 rings (SSSR count). The van der Waals surface area contributed by atoms with E-state index in [1.54, 1.807) is 6.54 Å². The van der Waals surface area contributed by atoms with Gasteiger partial charge in [0.2, 0.25) is 0 Å². The molecule has 4 unspecified atom stereocenters. The first kappa shape index (κ1) is 17.0. The number of nitrogens with zero attached hydrogens (tertiary/aromatic N) is 1. The number of quaternary nitrogens is 1. The monoisotopic (exact) mass is 454 g/mol. The van der Waals surface area contributed by atoms with Gasteiger partial charge in [-0.25, -0.2) is 0 Å². The first-order chi connectivity index (χ1) is 14.3. The molecule has 4 atom stereocenters. The molecule has 172 valence electrons. The van der Waals surface area contributed by atoms with Crippen LogP contribution in [0.5, 0.6) is 0 Å². The van der Waals surface area contributed by atoms with Crippen molar-refractivity contribution in [2.24, 2.45) is 0 Å². The number of unbranched alkanes of at least 4 members (excludes halogenated alkanes) is 12. The zero-order valence-corrected chi connectivity index (χ0v) is 21.2. The zero-order chi connectivity index (χ0) is 20.1. The predicted octanol–water partition coefficient (Wildman–Crippen LogP) is 8.91. The van der Waals surface area contributed by atoms with Crippen molar-refractivity contribution in [1.29, 1.82) is 0 Å². The van der Waals surface area contributed by atoms with Crippen molar-refractivity contribution in [3.05, 3.63) is 0 Å². The van der Waals surface area contributed by atoms with E-state index in [0.717, 1.165) is 4.31 Å². The molecule has 0 N–H and O–H groups in total. The predicted molar refractivity (Wildman–Crippen MR) is 124 cm³/mol. The van der Waals surface area contributed by atoms with Crippen LogP contribution in [0.2, 0.25) is 47.7 Å². The molecule has 0 amide bonds. The molecule has 10 fully saturated rings. The maximum absolute atomic E-state index is 2.81. The van der Waals surface area contributed by atoms with Gasteiger partial charge in [0.05, 0.1) is 0 Å². The summed E-state index contributed by atoms with van der Waals surface area (Å²) < 4.78 is 2.56. The van der Waals surface area contributed by atoms with Crippen LogP contribution in [0, 0.1) is 0 Å². The molecule has 10 heterocycles. The Kier molecular flexibility index (Phi) is 1.37. The Labute approximate surface area is 176 Å². The number of hydrogen-bond acceptors (Lipinski definition) is 0. The van der Waals surface area contributed by atoms with E-state index in [-0.39, 0.29) is 0 Å². The van der Waals surface area contributed by atoms with Crippen LogP contribution in [-0.2, 0) is 6.51 Å². The normalized spacial score (nSPS) is 73.4. The van der Waals surface area contributed by atoms with E-state index in [0.29, 0.717) is 0 Å². The average Bonchev–Trinajstić information content (AvgIpc) is 3.65. The number of hydrogen-bond donors (Lipinski definition) is 0. The molecule has 0 bridgehead atoms. The van der Waals surface area contributed by atoms with Crippen LogP contribution >= 0.6 is 0 Å². The SMILES string of the molecule is CCCCCCCCCCCCCCC[N+](C)(C)C[C]12[CH]3[CH]4[CH]5[CH]1[Fe]45321678[CH]2[CH]1[CH]6[CH]7[CH]28. The van der Waals surface area contributed by atoms with E-state index in [1.165, 1.54) is 138 Å². The van der Waals surface area contributed by atoms with Gasteiger partial charge in [-0.05, 0) is 0 Å². The fourth-order valence-electron chi connectivity index (χ4n) is 20.4. The Balaban J connectivity index is 0.683. The van der Waals surface area contributed by atoms with Gasteiger partial charge < -0.3 is 0 Å². The molecule has 0 aromatic rings. The minimum atomic E-state index is -2.81. The molecule has 2 heteroatoms. The second-order valence-electron chi connectivity index (χ2n) is 16.9. The van der Waals surface area contributed by atoms with Crippen molar-refractivity contribution < 1.29 is 11.0 Å². The number of rotatable bonds is 16. The Hall–Kier alpha value is 0.479. The van der Waals surface area contributed by atoms with Crippen LogP contribution in [0.3, 0.4) is 0 Å². The fourth-order valence-corrected chi connectivity index (χ4v) is 95.4. The third-order valence-corrected chi connectivity index (χ3v) is 62.5. The first-order valence-corrected chi connectivity index (χ1v) is 20.6. The molecule has 30 heavy (non-hydrogen) atoms. The summed E-state index contributed by atoms with van der Waals surface area (Å²) in [6.45, 7) is 2.69. The Morgan fingerprint density at radius 2 is 0.967 bits per heavy atom. The summed E-state index contributed by atoms with van der Waals surface area (Å²) >= 11 is 0. The summed E-state index contributed by atoms with van der Waals surface area (Å²) in [6.07, 6.45) is 19.3. The van der Waals surface area contributed by atoms with Crippen molar-refractivity contribution in [1.82, 2.24) is 0 Å². The van der Waals surface area contributed by atoms with Gasteiger partial charge in [-0.2, -0.15) is 0 Å². The van der Waals surface area contributed by atoms with Gasteiger partial charge in [-0.3, -0.25) is 0 Å². The zero-order valence-electron chi connectivity index (χ0n) is 20.1. The summed E-state index contributed by atoms with van der Waals surface area (Å²) in [5.74, 6) is 0. The van der Waals surface area contributed by atoms with Gasteiger partial charge in [0, 0.05) is 0 Å². The quantitative estimate of drug-likeness (QED) is 0.124. The summed E-state index contributed by atoms with van der Waals surface area (Å²) in [5.41, 5.74) is 0. The molecule has 0 aromatic heterocycles. The van der Waals surface area contributed by atoms with Gasteiger partial charge in [-0.15, -0.1) is 0 Å². The van der Waals surface area contributed by atoms with Crippen molar-refractivity contribution in [2.45, 2.75) is 138 Å². The molecule has 0 radical (unpaired) electrons. The van der Waals surface area contributed by atoms with Crippen LogP contribution in [0.1, 0.15) is 90.4 Å². The molecular weight excluding hydrogens is 406 g/mol. The molecule has 10 aliphatic heterocycles. The second-order valence-corrected chi connectivity index (χ2v) is 40.6. The van der Waals surface area contributed by atoms with Crippen LogP contribution in [0.4, 0.5) is 0 Å². The van der Waals surface area contributed by atoms with E-state index in [9.17, 15) is 0 Å². The standard InChI is InChI=1S/C23H43N.C5H5.Fe/c1-4-5-6-7-8-9-10-11-12-13-14-15-18-21-24(2,3)22-23-19-16-17-20-23;1-2-4-5-3-1;/h16-17,19-20H,4-15,18,21-22H2,1-3H3;1-5H;/q+1;;. The van der Waals surface area contributed by atoms with E-state index in [2.05, 4.69) is 21.0 Å².